The molecule has 5 nitrogen and oxygen atoms in total. The Bertz CT molecular complexity index is 314. The van der Waals surface area contributed by atoms with Crippen molar-refractivity contribution >= 4 is 11.8 Å². The predicted octanol–water partition coefficient (Wildman–Crippen LogP) is 1.06. The fraction of sp³-hybridized carbons (Fsp3) is 0.857. The summed E-state index contributed by atoms with van der Waals surface area (Å²) in [7, 11) is 0. The highest BCUT2D eigenvalue weighted by atomic mass is 16.3. The van der Waals surface area contributed by atoms with Gasteiger partial charge in [-0.2, -0.15) is 0 Å². The van der Waals surface area contributed by atoms with E-state index in [1.54, 1.807) is 20.8 Å². The standard InChI is InChI=1S/C14H28N2O3/c1-13(2,3)7-10(9-17)16-11(18)8-15-12(19)14(4,5)6/h10,17H,7-9H2,1-6H3,(H,15,19)(H,16,18). The van der Waals surface area contributed by atoms with Crippen LogP contribution in [-0.4, -0.2) is 36.1 Å². The number of nitrogens with one attached hydrogen (secondary N) is 2. The SMILES string of the molecule is CC(C)(C)CC(CO)NC(=O)CNC(=O)C(C)(C)C. The van der Waals surface area contributed by atoms with E-state index < -0.39 is 5.41 Å². The van der Waals surface area contributed by atoms with Gasteiger partial charge in [-0.25, -0.2) is 0 Å². The molecule has 1 atom stereocenters. The van der Waals surface area contributed by atoms with Gasteiger partial charge < -0.3 is 15.7 Å². The smallest absolute Gasteiger partial charge is 0.239 e. The Hall–Kier alpha value is -1.10. The van der Waals surface area contributed by atoms with Gasteiger partial charge in [-0.15, -0.1) is 0 Å². The summed E-state index contributed by atoms with van der Waals surface area (Å²) in [5, 5.41) is 14.6. The van der Waals surface area contributed by atoms with Gasteiger partial charge in [0, 0.05) is 5.41 Å². The van der Waals surface area contributed by atoms with Crippen LogP contribution in [0.5, 0.6) is 0 Å². The van der Waals surface area contributed by atoms with Gasteiger partial charge in [0.1, 0.15) is 0 Å². The zero-order valence-electron chi connectivity index (χ0n) is 13.0. The molecule has 2 amide bonds. The molecule has 0 spiro atoms. The third-order valence-electron chi connectivity index (χ3n) is 2.53. The van der Waals surface area contributed by atoms with Crippen molar-refractivity contribution in [2.24, 2.45) is 10.8 Å². The molecule has 5 heteroatoms. The molecule has 3 N–H and O–H groups in total. The Morgan fingerprint density at radius 1 is 1.11 bits per heavy atom. The first kappa shape index (κ1) is 17.9. The number of rotatable bonds is 5. The summed E-state index contributed by atoms with van der Waals surface area (Å²) in [6.07, 6.45) is 0.683. The molecule has 0 aliphatic rings. The van der Waals surface area contributed by atoms with Crippen LogP contribution in [0.4, 0.5) is 0 Å². The largest absolute Gasteiger partial charge is 0.394 e. The molecule has 0 bridgehead atoms. The zero-order chi connectivity index (χ0) is 15.3. The summed E-state index contributed by atoms with van der Waals surface area (Å²) in [5.41, 5.74) is -0.489. The highest BCUT2D eigenvalue weighted by Crippen LogP contribution is 2.20. The Labute approximate surface area is 116 Å². The van der Waals surface area contributed by atoms with Gasteiger partial charge in [0.2, 0.25) is 11.8 Å². The minimum atomic E-state index is -0.512. The molecule has 0 saturated heterocycles. The van der Waals surface area contributed by atoms with Crippen LogP contribution >= 0.6 is 0 Å². The predicted molar refractivity (Wildman–Crippen MR) is 75.6 cm³/mol. The number of amides is 2. The first-order valence-electron chi connectivity index (χ1n) is 6.64. The van der Waals surface area contributed by atoms with Crippen LogP contribution in [0, 0.1) is 10.8 Å². The van der Waals surface area contributed by atoms with Gasteiger partial charge in [0.15, 0.2) is 0 Å². The second kappa shape index (κ2) is 6.89. The maximum Gasteiger partial charge on any atom is 0.239 e. The minimum Gasteiger partial charge on any atom is -0.394 e. The van der Waals surface area contributed by atoms with Crippen LogP contribution in [0.2, 0.25) is 0 Å². The van der Waals surface area contributed by atoms with Gasteiger partial charge in [0.05, 0.1) is 19.2 Å². The Morgan fingerprint density at radius 2 is 1.63 bits per heavy atom. The molecule has 112 valence electrons. The molecule has 0 fully saturated rings. The molecule has 0 aliphatic heterocycles. The van der Waals surface area contributed by atoms with Crippen molar-refractivity contribution < 1.29 is 14.7 Å². The van der Waals surface area contributed by atoms with E-state index in [0.29, 0.717) is 6.42 Å². The molecule has 0 heterocycles. The highest BCUT2D eigenvalue weighted by Gasteiger charge is 2.23. The molecule has 0 rings (SSSR count). The highest BCUT2D eigenvalue weighted by molar-refractivity contribution is 5.87. The normalized spacial score (nSPS) is 13.8. The molecule has 0 radical (unpaired) electrons. The van der Waals surface area contributed by atoms with E-state index in [2.05, 4.69) is 10.6 Å². The fourth-order valence-corrected chi connectivity index (χ4v) is 1.60. The minimum absolute atomic E-state index is 0.0231. The third-order valence-corrected chi connectivity index (χ3v) is 2.53. The lowest BCUT2D eigenvalue weighted by molar-refractivity contribution is -0.131. The quantitative estimate of drug-likeness (QED) is 0.700. The summed E-state index contributed by atoms with van der Waals surface area (Å²) in [5.74, 6) is -0.445. The number of aliphatic hydroxyl groups is 1. The van der Waals surface area contributed by atoms with Gasteiger partial charge in [-0.1, -0.05) is 41.5 Å². The third kappa shape index (κ3) is 8.59. The Morgan fingerprint density at radius 3 is 2.00 bits per heavy atom. The number of aliphatic hydroxyl groups excluding tert-OH is 1. The molecule has 0 aromatic heterocycles. The molecule has 0 aromatic carbocycles. The molecular formula is C14H28N2O3. The monoisotopic (exact) mass is 272 g/mol. The molecule has 1 unspecified atom stereocenters. The van der Waals surface area contributed by atoms with E-state index in [-0.39, 0.29) is 36.4 Å². The number of hydrogen-bond acceptors (Lipinski definition) is 3. The molecular weight excluding hydrogens is 244 g/mol. The molecule has 0 aliphatic carbocycles. The van der Waals surface area contributed by atoms with Crippen molar-refractivity contribution in [1.29, 1.82) is 0 Å². The molecule has 0 aromatic rings. The van der Waals surface area contributed by atoms with Crippen LogP contribution in [0.1, 0.15) is 48.0 Å². The maximum absolute atomic E-state index is 11.7. The topological polar surface area (TPSA) is 78.4 Å². The number of hydrogen-bond donors (Lipinski definition) is 3. The van der Waals surface area contributed by atoms with E-state index in [0.717, 1.165) is 0 Å². The van der Waals surface area contributed by atoms with Gasteiger partial charge in [-0.05, 0) is 11.8 Å². The van der Waals surface area contributed by atoms with E-state index in [1.807, 2.05) is 20.8 Å². The lowest BCUT2D eigenvalue weighted by Crippen LogP contribution is -2.46. The summed E-state index contributed by atoms with van der Waals surface area (Å²) in [6.45, 7) is 11.3. The maximum atomic E-state index is 11.7. The van der Waals surface area contributed by atoms with Crippen LogP contribution in [-0.2, 0) is 9.59 Å². The summed E-state index contributed by atoms with van der Waals surface area (Å²) < 4.78 is 0. The van der Waals surface area contributed by atoms with E-state index in [1.165, 1.54) is 0 Å². The average molecular weight is 272 g/mol. The second-order valence-corrected chi connectivity index (χ2v) is 7.14. The lowest BCUT2D eigenvalue weighted by atomic mass is 9.88. The van der Waals surface area contributed by atoms with Crippen LogP contribution in [0.25, 0.3) is 0 Å². The van der Waals surface area contributed by atoms with Gasteiger partial charge in [-0.3, -0.25) is 9.59 Å². The zero-order valence-corrected chi connectivity index (χ0v) is 13.0. The van der Waals surface area contributed by atoms with Crippen molar-refractivity contribution in [3.63, 3.8) is 0 Å². The summed E-state index contributed by atoms with van der Waals surface area (Å²) in [6, 6.07) is -0.279. The Balaban J connectivity index is 4.19. The van der Waals surface area contributed by atoms with Crippen LogP contribution in [0.15, 0.2) is 0 Å². The molecule has 19 heavy (non-hydrogen) atoms. The first-order chi connectivity index (χ1) is 8.45. The second-order valence-electron chi connectivity index (χ2n) is 7.14. The van der Waals surface area contributed by atoms with Crippen molar-refractivity contribution in [3.05, 3.63) is 0 Å². The average Bonchev–Trinajstić information content (AvgIpc) is 2.21. The summed E-state index contributed by atoms with van der Waals surface area (Å²) in [4.78, 5) is 23.3. The van der Waals surface area contributed by atoms with E-state index in [9.17, 15) is 14.7 Å². The van der Waals surface area contributed by atoms with Crippen LogP contribution in [0.3, 0.4) is 0 Å². The molecule has 0 saturated carbocycles. The first-order valence-corrected chi connectivity index (χ1v) is 6.64. The fourth-order valence-electron chi connectivity index (χ4n) is 1.60. The summed E-state index contributed by atoms with van der Waals surface area (Å²) >= 11 is 0. The Kier molecular flexibility index (Phi) is 6.49. The number of carbonyl (C=O) groups is 2. The van der Waals surface area contributed by atoms with E-state index in [4.69, 9.17) is 0 Å². The van der Waals surface area contributed by atoms with Crippen molar-refractivity contribution in [1.82, 2.24) is 10.6 Å². The van der Waals surface area contributed by atoms with Gasteiger partial charge in [0.25, 0.3) is 0 Å². The lowest BCUT2D eigenvalue weighted by Gasteiger charge is -2.25. The van der Waals surface area contributed by atoms with Crippen LogP contribution < -0.4 is 10.6 Å². The number of carbonyl (C=O) groups excluding carboxylic acids is 2. The van der Waals surface area contributed by atoms with Crippen molar-refractivity contribution in [2.45, 2.75) is 54.0 Å². The van der Waals surface area contributed by atoms with Crippen molar-refractivity contribution in [2.75, 3.05) is 13.2 Å². The van der Waals surface area contributed by atoms with Gasteiger partial charge >= 0.3 is 0 Å². The van der Waals surface area contributed by atoms with Crippen molar-refractivity contribution in [3.8, 4) is 0 Å². The van der Waals surface area contributed by atoms with E-state index >= 15 is 0 Å².